The Morgan fingerprint density at radius 2 is 2.21 bits per heavy atom. The molecule has 0 radical (unpaired) electrons. The fraction of sp³-hybridized carbons (Fsp3) is 0.0769. The normalized spacial score (nSPS) is 10.8. The van der Waals surface area contributed by atoms with Gasteiger partial charge in [0.1, 0.15) is 10.6 Å². The van der Waals surface area contributed by atoms with Gasteiger partial charge in [0.15, 0.2) is 16.5 Å². The largest absolute Gasteiger partial charge is 0.464 e. The van der Waals surface area contributed by atoms with Crippen LogP contribution in [-0.4, -0.2) is 18.1 Å². The van der Waals surface area contributed by atoms with Crippen molar-refractivity contribution in [1.82, 2.24) is 4.98 Å². The van der Waals surface area contributed by atoms with Crippen molar-refractivity contribution >= 4 is 33.3 Å². The minimum absolute atomic E-state index is 0.128. The Labute approximate surface area is 112 Å². The summed E-state index contributed by atoms with van der Waals surface area (Å²) in [5, 5.41) is 1.86. The van der Waals surface area contributed by atoms with Gasteiger partial charge in [0.2, 0.25) is 0 Å². The number of para-hydroxylation sites is 1. The van der Waals surface area contributed by atoms with Crippen LogP contribution in [0.2, 0.25) is 0 Å². The lowest BCUT2D eigenvalue weighted by Crippen LogP contribution is -2.04. The topological polar surface area (TPSA) is 78.3 Å². The van der Waals surface area contributed by atoms with Crippen LogP contribution in [-0.2, 0) is 4.74 Å². The number of ether oxygens (including phenoxy) is 1. The Morgan fingerprint density at radius 1 is 1.42 bits per heavy atom. The minimum Gasteiger partial charge on any atom is -0.464 e. The second-order valence-corrected chi connectivity index (χ2v) is 4.90. The molecule has 3 aromatic rings. The van der Waals surface area contributed by atoms with Crippen LogP contribution in [0, 0.1) is 0 Å². The molecule has 1 aromatic carbocycles. The van der Waals surface area contributed by atoms with E-state index in [1.165, 1.54) is 18.4 Å². The van der Waals surface area contributed by atoms with Gasteiger partial charge in [0.05, 0.1) is 7.11 Å². The molecule has 5 nitrogen and oxygen atoms in total. The molecule has 2 aromatic heterocycles. The number of nitrogens with two attached hydrogens (primary N) is 1. The van der Waals surface area contributed by atoms with Crippen molar-refractivity contribution in [2.75, 3.05) is 12.8 Å². The second kappa shape index (κ2) is 4.40. The number of furan rings is 1. The van der Waals surface area contributed by atoms with Crippen LogP contribution in [0.15, 0.2) is 34.7 Å². The Kier molecular flexibility index (Phi) is 2.72. The molecular weight excluding hydrogens is 264 g/mol. The van der Waals surface area contributed by atoms with Crippen LogP contribution < -0.4 is 5.73 Å². The zero-order chi connectivity index (χ0) is 13.4. The van der Waals surface area contributed by atoms with Gasteiger partial charge in [-0.05, 0) is 12.1 Å². The van der Waals surface area contributed by atoms with Gasteiger partial charge in [-0.25, -0.2) is 9.78 Å². The fourth-order valence-electron chi connectivity index (χ4n) is 1.77. The number of methoxy groups -OCH3 is 1. The predicted octanol–water partition coefficient (Wildman–Crippen LogP) is 2.93. The van der Waals surface area contributed by atoms with Crippen molar-refractivity contribution in [3.05, 3.63) is 36.0 Å². The van der Waals surface area contributed by atoms with Gasteiger partial charge in [0, 0.05) is 5.39 Å². The van der Waals surface area contributed by atoms with E-state index in [1.807, 2.05) is 30.3 Å². The average Bonchev–Trinajstić information content (AvgIpc) is 3.00. The van der Waals surface area contributed by atoms with Crippen molar-refractivity contribution in [1.29, 1.82) is 0 Å². The molecule has 19 heavy (non-hydrogen) atoms. The van der Waals surface area contributed by atoms with Crippen LogP contribution >= 0.6 is 11.3 Å². The molecule has 0 atom stereocenters. The number of anilines is 1. The molecule has 2 N–H and O–H groups in total. The number of nitrogen functional groups attached to an aromatic ring is 1. The highest BCUT2D eigenvalue weighted by atomic mass is 32.1. The predicted molar refractivity (Wildman–Crippen MR) is 73.1 cm³/mol. The van der Waals surface area contributed by atoms with Crippen molar-refractivity contribution in [2.45, 2.75) is 0 Å². The third-order valence-corrected chi connectivity index (χ3v) is 3.57. The smallest absolute Gasteiger partial charge is 0.359 e. The molecule has 96 valence electrons. The number of hydrogen-bond acceptors (Lipinski definition) is 6. The van der Waals surface area contributed by atoms with Crippen molar-refractivity contribution in [2.24, 2.45) is 0 Å². The number of rotatable bonds is 2. The zero-order valence-electron chi connectivity index (χ0n) is 10.0. The summed E-state index contributed by atoms with van der Waals surface area (Å²) >= 11 is 1.20. The van der Waals surface area contributed by atoms with E-state index in [0.717, 1.165) is 11.0 Å². The molecule has 0 saturated carbocycles. The van der Waals surface area contributed by atoms with E-state index in [1.54, 1.807) is 0 Å². The summed E-state index contributed by atoms with van der Waals surface area (Å²) < 4.78 is 10.3. The fourth-order valence-corrected chi connectivity index (χ4v) is 2.54. The molecule has 0 aliphatic heterocycles. The molecule has 0 aliphatic carbocycles. The Balaban J connectivity index is 2.09. The molecule has 0 spiro atoms. The van der Waals surface area contributed by atoms with E-state index >= 15 is 0 Å². The summed E-state index contributed by atoms with van der Waals surface area (Å²) in [6, 6.07) is 9.51. The molecule has 0 fully saturated rings. The number of esters is 1. The first-order valence-electron chi connectivity index (χ1n) is 5.52. The number of thiazole rings is 1. The number of benzene rings is 1. The molecule has 0 saturated heterocycles. The first-order valence-corrected chi connectivity index (χ1v) is 6.34. The highest BCUT2D eigenvalue weighted by molar-refractivity contribution is 7.19. The number of carbonyl (C=O) groups is 1. The Morgan fingerprint density at radius 3 is 2.95 bits per heavy atom. The maximum Gasteiger partial charge on any atom is 0.359 e. The van der Waals surface area contributed by atoms with Crippen molar-refractivity contribution < 1.29 is 13.9 Å². The van der Waals surface area contributed by atoms with Gasteiger partial charge in [-0.2, -0.15) is 0 Å². The Hall–Kier alpha value is -2.34. The maximum atomic E-state index is 11.5. The molecule has 2 heterocycles. The van der Waals surface area contributed by atoms with E-state index in [-0.39, 0.29) is 5.69 Å². The quantitative estimate of drug-likeness (QED) is 0.727. The number of hydrogen-bond donors (Lipinski definition) is 1. The highest BCUT2D eigenvalue weighted by Crippen LogP contribution is 2.33. The van der Waals surface area contributed by atoms with Crippen LogP contribution in [0.25, 0.3) is 21.7 Å². The van der Waals surface area contributed by atoms with E-state index < -0.39 is 5.97 Å². The third-order valence-electron chi connectivity index (χ3n) is 2.67. The lowest BCUT2D eigenvalue weighted by molar-refractivity contribution is 0.0596. The first kappa shape index (κ1) is 11.7. The maximum absolute atomic E-state index is 11.5. The summed E-state index contributed by atoms with van der Waals surface area (Å²) in [5.41, 5.74) is 6.66. The summed E-state index contributed by atoms with van der Waals surface area (Å²) in [6.45, 7) is 0. The number of fused-ring (bicyclic) bond motifs is 1. The van der Waals surface area contributed by atoms with Crippen molar-refractivity contribution in [3.63, 3.8) is 0 Å². The van der Waals surface area contributed by atoms with Gasteiger partial charge in [-0.15, -0.1) is 0 Å². The molecule has 6 heteroatoms. The summed E-state index contributed by atoms with van der Waals surface area (Å²) in [5.74, 6) is 0.0455. The monoisotopic (exact) mass is 274 g/mol. The van der Waals surface area contributed by atoms with Crippen molar-refractivity contribution in [3.8, 4) is 10.8 Å². The molecule has 0 aliphatic rings. The molecule has 0 amide bonds. The van der Waals surface area contributed by atoms with Gasteiger partial charge in [-0.1, -0.05) is 29.5 Å². The number of nitrogens with zero attached hydrogens (tertiary/aromatic N) is 1. The van der Waals surface area contributed by atoms with Crippen LogP contribution in [0.3, 0.4) is 0 Å². The van der Waals surface area contributed by atoms with Crippen LogP contribution in [0.4, 0.5) is 5.00 Å². The van der Waals surface area contributed by atoms with Gasteiger partial charge >= 0.3 is 5.97 Å². The van der Waals surface area contributed by atoms with Gasteiger partial charge in [0.25, 0.3) is 0 Å². The summed E-state index contributed by atoms with van der Waals surface area (Å²) in [4.78, 5) is 15.6. The lowest BCUT2D eigenvalue weighted by Gasteiger charge is -1.93. The zero-order valence-corrected chi connectivity index (χ0v) is 10.9. The average molecular weight is 274 g/mol. The number of aromatic nitrogens is 1. The molecular formula is C13H10N2O3S. The van der Waals surface area contributed by atoms with E-state index in [0.29, 0.717) is 15.8 Å². The van der Waals surface area contributed by atoms with Crippen LogP contribution in [0.5, 0.6) is 0 Å². The first-order chi connectivity index (χ1) is 9.19. The highest BCUT2D eigenvalue weighted by Gasteiger charge is 2.19. The Bertz CT molecular complexity index is 727. The minimum atomic E-state index is -0.545. The summed E-state index contributed by atoms with van der Waals surface area (Å²) in [7, 11) is 1.29. The van der Waals surface area contributed by atoms with Gasteiger partial charge < -0.3 is 14.9 Å². The van der Waals surface area contributed by atoms with E-state index in [4.69, 9.17) is 10.2 Å². The SMILES string of the molecule is COC(=O)c1nc(-c2cc3ccccc3o2)sc1N. The van der Waals surface area contributed by atoms with E-state index in [9.17, 15) is 4.79 Å². The standard InChI is InChI=1S/C13H10N2O3S/c1-17-13(16)10-11(14)19-12(15-10)9-6-7-4-2-3-5-8(7)18-9/h2-6H,14H2,1H3. The third kappa shape index (κ3) is 1.96. The number of carbonyl (C=O) groups excluding carboxylic acids is 1. The van der Waals surface area contributed by atoms with Crippen LogP contribution in [0.1, 0.15) is 10.5 Å². The van der Waals surface area contributed by atoms with E-state index in [2.05, 4.69) is 9.72 Å². The van der Waals surface area contributed by atoms with Gasteiger partial charge in [-0.3, -0.25) is 0 Å². The lowest BCUT2D eigenvalue weighted by atomic mass is 10.2. The summed E-state index contributed by atoms with van der Waals surface area (Å²) in [6.07, 6.45) is 0. The second-order valence-electron chi connectivity index (χ2n) is 3.87. The molecule has 3 rings (SSSR count). The molecule has 0 unspecified atom stereocenters. The molecule has 0 bridgehead atoms.